The molecule has 1 aromatic heterocycles. The van der Waals surface area contributed by atoms with Crippen LogP contribution in [0.3, 0.4) is 0 Å². The molecule has 0 amide bonds. The van der Waals surface area contributed by atoms with E-state index in [0.29, 0.717) is 22.9 Å². The highest BCUT2D eigenvalue weighted by Crippen LogP contribution is 2.23. The maximum Gasteiger partial charge on any atom is 0.336 e. The molecule has 3 aromatic rings. The van der Waals surface area contributed by atoms with Crippen LogP contribution in [-0.2, 0) is 11.4 Å². The fourth-order valence-electron chi connectivity index (χ4n) is 2.37. The van der Waals surface area contributed by atoms with Gasteiger partial charge in [-0.3, -0.25) is 4.98 Å². The summed E-state index contributed by atoms with van der Waals surface area (Å²) in [5, 5.41) is 10.1. The van der Waals surface area contributed by atoms with E-state index in [9.17, 15) is 9.90 Å². The van der Waals surface area contributed by atoms with Crippen LogP contribution in [0.25, 0.3) is 11.6 Å². The minimum absolute atomic E-state index is 0.198. The number of rotatable bonds is 6. The van der Waals surface area contributed by atoms with Gasteiger partial charge in [-0.05, 0) is 53.6 Å². The van der Waals surface area contributed by atoms with Gasteiger partial charge in [0.15, 0.2) is 0 Å². The van der Waals surface area contributed by atoms with Crippen LogP contribution in [0.1, 0.15) is 16.8 Å². The van der Waals surface area contributed by atoms with Crippen molar-refractivity contribution >= 4 is 29.2 Å². The van der Waals surface area contributed by atoms with E-state index in [1.165, 1.54) is 0 Å². The standard InChI is InChI=1S/C21H16ClNO3/c22-17-8-4-15(5-9-17)13-20(21(24)25)16-6-10-19(11-7-16)26-14-18-3-1-2-12-23-18/h1-13H,14H2,(H,24,25)/b20-13+. The average molecular weight is 366 g/mol. The molecule has 1 N–H and O–H groups in total. The smallest absolute Gasteiger partial charge is 0.336 e. The Kier molecular flexibility index (Phi) is 5.66. The molecule has 0 saturated carbocycles. The Bertz CT molecular complexity index is 904. The van der Waals surface area contributed by atoms with Gasteiger partial charge in [0, 0.05) is 11.2 Å². The SMILES string of the molecule is O=C(O)/C(=C/c1ccc(Cl)cc1)c1ccc(OCc2ccccn2)cc1. The minimum atomic E-state index is -0.998. The number of pyridine rings is 1. The number of carboxylic acids is 1. The molecule has 0 saturated heterocycles. The van der Waals surface area contributed by atoms with Crippen molar-refractivity contribution in [3.63, 3.8) is 0 Å². The zero-order chi connectivity index (χ0) is 18.4. The lowest BCUT2D eigenvalue weighted by Gasteiger charge is -2.08. The Morgan fingerprint density at radius 2 is 1.77 bits per heavy atom. The van der Waals surface area contributed by atoms with Crippen molar-refractivity contribution in [2.24, 2.45) is 0 Å². The fraction of sp³-hybridized carbons (Fsp3) is 0.0476. The van der Waals surface area contributed by atoms with Crippen molar-refractivity contribution in [1.82, 2.24) is 4.98 Å². The Morgan fingerprint density at radius 3 is 2.38 bits per heavy atom. The van der Waals surface area contributed by atoms with Gasteiger partial charge in [-0.1, -0.05) is 41.9 Å². The Labute approximate surface area is 156 Å². The molecular weight excluding hydrogens is 350 g/mol. The van der Waals surface area contributed by atoms with Crippen molar-refractivity contribution in [2.45, 2.75) is 6.61 Å². The summed E-state index contributed by atoms with van der Waals surface area (Å²) in [7, 11) is 0. The molecular formula is C21H16ClNO3. The molecule has 26 heavy (non-hydrogen) atoms. The van der Waals surface area contributed by atoms with Crippen LogP contribution in [-0.4, -0.2) is 16.1 Å². The monoisotopic (exact) mass is 365 g/mol. The highest BCUT2D eigenvalue weighted by molar-refractivity contribution is 6.30. The molecule has 0 atom stereocenters. The molecule has 1 heterocycles. The second-order valence-corrected chi connectivity index (χ2v) is 5.99. The first kappa shape index (κ1) is 17.7. The van der Waals surface area contributed by atoms with E-state index in [2.05, 4.69) is 4.98 Å². The van der Waals surface area contributed by atoms with E-state index in [0.717, 1.165) is 11.3 Å². The summed E-state index contributed by atoms with van der Waals surface area (Å²) in [4.78, 5) is 15.8. The lowest BCUT2D eigenvalue weighted by molar-refractivity contribution is -0.130. The third kappa shape index (κ3) is 4.71. The Balaban J connectivity index is 1.76. The van der Waals surface area contributed by atoms with E-state index in [-0.39, 0.29) is 5.57 Å². The fourth-order valence-corrected chi connectivity index (χ4v) is 2.49. The van der Waals surface area contributed by atoms with Gasteiger partial charge in [0.25, 0.3) is 0 Å². The van der Waals surface area contributed by atoms with Crippen molar-refractivity contribution < 1.29 is 14.6 Å². The largest absolute Gasteiger partial charge is 0.487 e. The van der Waals surface area contributed by atoms with Crippen LogP contribution in [0.4, 0.5) is 0 Å². The minimum Gasteiger partial charge on any atom is -0.487 e. The molecule has 0 aliphatic rings. The van der Waals surface area contributed by atoms with E-state index in [1.807, 2.05) is 18.2 Å². The summed E-state index contributed by atoms with van der Waals surface area (Å²) in [5.41, 5.74) is 2.38. The quantitative estimate of drug-likeness (QED) is 0.496. The van der Waals surface area contributed by atoms with Gasteiger partial charge >= 0.3 is 5.97 Å². The first-order chi connectivity index (χ1) is 12.6. The van der Waals surface area contributed by atoms with Crippen molar-refractivity contribution in [3.05, 3.63) is 94.8 Å². The van der Waals surface area contributed by atoms with E-state index >= 15 is 0 Å². The third-order valence-electron chi connectivity index (χ3n) is 3.69. The van der Waals surface area contributed by atoms with Crippen molar-refractivity contribution in [3.8, 4) is 5.75 Å². The van der Waals surface area contributed by atoms with E-state index in [1.54, 1.807) is 60.8 Å². The number of aliphatic carboxylic acids is 1. The number of hydrogen-bond donors (Lipinski definition) is 1. The van der Waals surface area contributed by atoms with Gasteiger partial charge in [-0.2, -0.15) is 0 Å². The maximum atomic E-state index is 11.6. The highest BCUT2D eigenvalue weighted by atomic mass is 35.5. The Morgan fingerprint density at radius 1 is 1.04 bits per heavy atom. The van der Waals surface area contributed by atoms with Gasteiger partial charge in [0.2, 0.25) is 0 Å². The van der Waals surface area contributed by atoms with E-state index in [4.69, 9.17) is 16.3 Å². The van der Waals surface area contributed by atoms with Gasteiger partial charge < -0.3 is 9.84 Å². The first-order valence-electron chi connectivity index (χ1n) is 7.95. The number of aromatic nitrogens is 1. The van der Waals surface area contributed by atoms with Crippen LogP contribution in [0.15, 0.2) is 72.9 Å². The summed E-state index contributed by atoms with van der Waals surface area (Å²) in [6.07, 6.45) is 3.32. The molecule has 0 aliphatic heterocycles. The van der Waals surface area contributed by atoms with Gasteiger partial charge in [-0.25, -0.2) is 4.79 Å². The number of hydrogen-bond acceptors (Lipinski definition) is 3. The summed E-state index contributed by atoms with van der Waals surface area (Å²) in [6, 6.07) is 19.6. The molecule has 3 rings (SSSR count). The molecule has 130 valence electrons. The lowest BCUT2D eigenvalue weighted by atomic mass is 10.0. The van der Waals surface area contributed by atoms with E-state index < -0.39 is 5.97 Å². The molecule has 4 nitrogen and oxygen atoms in total. The molecule has 0 radical (unpaired) electrons. The summed E-state index contributed by atoms with van der Waals surface area (Å²) < 4.78 is 5.67. The second kappa shape index (κ2) is 8.32. The highest BCUT2D eigenvalue weighted by Gasteiger charge is 2.11. The third-order valence-corrected chi connectivity index (χ3v) is 3.94. The van der Waals surface area contributed by atoms with Crippen LogP contribution in [0, 0.1) is 0 Å². The number of halogens is 1. The van der Waals surface area contributed by atoms with Gasteiger partial charge in [-0.15, -0.1) is 0 Å². The van der Waals surface area contributed by atoms with Gasteiger partial charge in [0.1, 0.15) is 12.4 Å². The second-order valence-electron chi connectivity index (χ2n) is 5.55. The van der Waals surface area contributed by atoms with Crippen molar-refractivity contribution in [1.29, 1.82) is 0 Å². The number of ether oxygens (including phenoxy) is 1. The molecule has 2 aromatic carbocycles. The molecule has 0 bridgehead atoms. The summed E-state index contributed by atoms with van der Waals surface area (Å²) in [5.74, 6) is -0.349. The van der Waals surface area contributed by atoms with Crippen LogP contribution < -0.4 is 4.74 Å². The summed E-state index contributed by atoms with van der Waals surface area (Å²) >= 11 is 5.86. The summed E-state index contributed by atoms with van der Waals surface area (Å²) in [6.45, 7) is 0.354. The zero-order valence-corrected chi connectivity index (χ0v) is 14.6. The van der Waals surface area contributed by atoms with Crippen LogP contribution >= 0.6 is 11.6 Å². The molecule has 0 spiro atoms. The predicted molar refractivity (Wildman–Crippen MR) is 102 cm³/mol. The van der Waals surface area contributed by atoms with Crippen LogP contribution in [0.2, 0.25) is 5.02 Å². The van der Waals surface area contributed by atoms with Gasteiger partial charge in [0.05, 0.1) is 11.3 Å². The number of nitrogens with zero attached hydrogens (tertiary/aromatic N) is 1. The zero-order valence-electron chi connectivity index (χ0n) is 13.8. The molecule has 0 fully saturated rings. The molecule has 0 aliphatic carbocycles. The molecule has 0 unspecified atom stereocenters. The number of carbonyl (C=O) groups is 1. The number of carboxylic acid groups (broad SMARTS) is 1. The number of benzene rings is 2. The van der Waals surface area contributed by atoms with Crippen molar-refractivity contribution in [2.75, 3.05) is 0 Å². The van der Waals surface area contributed by atoms with Crippen LogP contribution in [0.5, 0.6) is 5.75 Å². The topological polar surface area (TPSA) is 59.4 Å². The normalized spacial score (nSPS) is 11.2. The predicted octanol–water partition coefficient (Wildman–Crippen LogP) is 4.94. The maximum absolute atomic E-state index is 11.6. The molecule has 5 heteroatoms. The lowest BCUT2D eigenvalue weighted by Crippen LogP contribution is -2.00. The Hall–Kier alpha value is -3.11. The average Bonchev–Trinajstić information content (AvgIpc) is 2.67. The first-order valence-corrected chi connectivity index (χ1v) is 8.33.